The van der Waals surface area contributed by atoms with Crippen LogP contribution < -0.4 is 4.74 Å². The maximum atomic E-state index is 11.6. The predicted molar refractivity (Wildman–Crippen MR) is 114 cm³/mol. The zero-order valence-electron chi connectivity index (χ0n) is 18.3. The molecule has 7 nitrogen and oxygen atoms in total. The molecule has 0 bridgehead atoms. The van der Waals surface area contributed by atoms with Gasteiger partial charge in [-0.05, 0) is 44.4 Å². The third-order valence-corrected chi connectivity index (χ3v) is 4.45. The Balaban J connectivity index is 1.68. The van der Waals surface area contributed by atoms with Crippen molar-refractivity contribution < 1.29 is 23.7 Å². The number of hydrogen-bond donors (Lipinski definition) is 0. The van der Waals surface area contributed by atoms with Crippen LogP contribution in [0, 0.1) is 0 Å². The summed E-state index contributed by atoms with van der Waals surface area (Å²) in [6.45, 7) is 6.05. The number of hydrogen-bond acceptors (Lipinski definition) is 6. The molecule has 1 aromatic heterocycles. The zero-order chi connectivity index (χ0) is 21.6. The summed E-state index contributed by atoms with van der Waals surface area (Å²) in [4.78, 5) is 15.6. The molecule has 166 valence electrons. The summed E-state index contributed by atoms with van der Waals surface area (Å²) in [5, 5.41) is 0. The van der Waals surface area contributed by atoms with Gasteiger partial charge in [-0.2, -0.15) is 0 Å². The standard InChI is InChI=1S/C23H34N2O5/c1-19(2)30-23(26)7-5-4-6-14-29-22(15-25-13-12-24-18-25)17-28-16-20-8-10-21(27-3)11-9-20/h8-13,18-19,22H,4-7,14-17H2,1-3H3. The lowest BCUT2D eigenvalue weighted by molar-refractivity contribution is -0.147. The van der Waals surface area contributed by atoms with Crippen LogP contribution in [0.1, 0.15) is 45.1 Å². The first-order chi connectivity index (χ1) is 14.6. The van der Waals surface area contributed by atoms with E-state index in [-0.39, 0.29) is 18.2 Å². The summed E-state index contributed by atoms with van der Waals surface area (Å²) in [6.07, 6.45) is 8.43. The molecular formula is C23H34N2O5. The van der Waals surface area contributed by atoms with Crippen LogP contribution >= 0.6 is 0 Å². The smallest absolute Gasteiger partial charge is 0.306 e. The molecule has 0 fully saturated rings. The molecule has 0 N–H and O–H groups in total. The van der Waals surface area contributed by atoms with E-state index in [1.165, 1.54) is 0 Å². The molecular weight excluding hydrogens is 384 g/mol. The van der Waals surface area contributed by atoms with E-state index in [2.05, 4.69) is 4.98 Å². The minimum absolute atomic E-state index is 0.0531. The van der Waals surface area contributed by atoms with Crippen LogP contribution in [0.2, 0.25) is 0 Å². The van der Waals surface area contributed by atoms with E-state index >= 15 is 0 Å². The van der Waals surface area contributed by atoms with Gasteiger partial charge in [0, 0.05) is 25.4 Å². The van der Waals surface area contributed by atoms with E-state index in [1.54, 1.807) is 19.6 Å². The van der Waals surface area contributed by atoms with E-state index in [1.807, 2.05) is 48.9 Å². The summed E-state index contributed by atoms with van der Waals surface area (Å²) in [5.41, 5.74) is 1.09. The van der Waals surface area contributed by atoms with Crippen molar-refractivity contribution in [3.05, 3.63) is 48.5 Å². The van der Waals surface area contributed by atoms with Crippen LogP contribution in [-0.2, 0) is 32.2 Å². The maximum absolute atomic E-state index is 11.6. The first-order valence-electron chi connectivity index (χ1n) is 10.5. The Morgan fingerprint density at radius 2 is 1.93 bits per heavy atom. The van der Waals surface area contributed by atoms with Crippen molar-refractivity contribution in [3.63, 3.8) is 0 Å². The van der Waals surface area contributed by atoms with Gasteiger partial charge >= 0.3 is 5.97 Å². The Kier molecular flexibility index (Phi) is 11.0. The molecule has 0 amide bonds. The topological polar surface area (TPSA) is 71.8 Å². The van der Waals surface area contributed by atoms with Crippen LogP contribution in [-0.4, -0.2) is 48.1 Å². The second-order valence-electron chi connectivity index (χ2n) is 7.46. The normalized spacial score (nSPS) is 12.1. The minimum atomic E-state index is -0.129. The number of aromatic nitrogens is 2. The summed E-state index contributed by atoms with van der Waals surface area (Å²) in [6, 6.07) is 7.84. The molecule has 0 aliphatic rings. The Morgan fingerprint density at radius 3 is 2.60 bits per heavy atom. The van der Waals surface area contributed by atoms with Crippen LogP contribution in [0.3, 0.4) is 0 Å². The van der Waals surface area contributed by atoms with Crippen LogP contribution in [0.15, 0.2) is 43.0 Å². The molecule has 1 atom stereocenters. The molecule has 1 aromatic carbocycles. The van der Waals surface area contributed by atoms with Gasteiger partial charge < -0.3 is 23.5 Å². The monoisotopic (exact) mass is 418 g/mol. The number of carbonyl (C=O) groups excluding carboxylic acids is 1. The second-order valence-corrected chi connectivity index (χ2v) is 7.46. The number of imidazole rings is 1. The molecule has 2 rings (SSSR count). The fourth-order valence-corrected chi connectivity index (χ4v) is 2.93. The minimum Gasteiger partial charge on any atom is -0.497 e. The van der Waals surface area contributed by atoms with Crippen molar-refractivity contribution in [1.29, 1.82) is 0 Å². The highest BCUT2D eigenvalue weighted by atomic mass is 16.5. The Hall–Kier alpha value is -2.38. The number of rotatable bonds is 15. The molecule has 0 saturated carbocycles. The highest BCUT2D eigenvalue weighted by Crippen LogP contribution is 2.12. The van der Waals surface area contributed by atoms with Gasteiger partial charge in [-0.15, -0.1) is 0 Å². The molecule has 0 radical (unpaired) electrons. The van der Waals surface area contributed by atoms with Gasteiger partial charge in [-0.1, -0.05) is 18.6 Å². The summed E-state index contributed by atoms with van der Waals surface area (Å²) < 4.78 is 24.3. The van der Waals surface area contributed by atoms with E-state index < -0.39 is 0 Å². The van der Waals surface area contributed by atoms with E-state index in [0.29, 0.717) is 32.8 Å². The van der Waals surface area contributed by atoms with Crippen molar-refractivity contribution in [2.75, 3.05) is 20.3 Å². The van der Waals surface area contributed by atoms with E-state index in [4.69, 9.17) is 18.9 Å². The van der Waals surface area contributed by atoms with Crippen molar-refractivity contribution in [3.8, 4) is 5.75 Å². The summed E-state index contributed by atoms with van der Waals surface area (Å²) in [5.74, 6) is 0.702. The van der Waals surface area contributed by atoms with Crippen LogP contribution in [0.5, 0.6) is 5.75 Å². The van der Waals surface area contributed by atoms with E-state index in [9.17, 15) is 4.79 Å². The third-order valence-electron chi connectivity index (χ3n) is 4.45. The molecule has 2 aromatic rings. The largest absolute Gasteiger partial charge is 0.497 e. The van der Waals surface area contributed by atoms with E-state index in [0.717, 1.165) is 30.6 Å². The van der Waals surface area contributed by atoms with Gasteiger partial charge in [0.25, 0.3) is 0 Å². The average molecular weight is 419 g/mol. The van der Waals surface area contributed by atoms with Gasteiger partial charge in [-0.3, -0.25) is 4.79 Å². The number of nitrogens with zero attached hydrogens (tertiary/aromatic N) is 2. The number of esters is 1. The van der Waals surface area contributed by atoms with Gasteiger partial charge in [0.2, 0.25) is 0 Å². The zero-order valence-corrected chi connectivity index (χ0v) is 18.3. The number of ether oxygens (including phenoxy) is 4. The summed E-state index contributed by atoms with van der Waals surface area (Å²) >= 11 is 0. The van der Waals surface area contributed by atoms with Gasteiger partial charge in [0.15, 0.2) is 0 Å². The first kappa shape index (κ1) is 23.9. The lowest BCUT2D eigenvalue weighted by atomic mass is 10.2. The fourth-order valence-electron chi connectivity index (χ4n) is 2.93. The van der Waals surface area contributed by atoms with Crippen molar-refractivity contribution >= 4 is 5.97 Å². The van der Waals surface area contributed by atoms with Crippen LogP contribution in [0.25, 0.3) is 0 Å². The van der Waals surface area contributed by atoms with Crippen LogP contribution in [0.4, 0.5) is 0 Å². The maximum Gasteiger partial charge on any atom is 0.306 e. The highest BCUT2D eigenvalue weighted by Gasteiger charge is 2.11. The third kappa shape index (κ3) is 9.89. The first-order valence-corrected chi connectivity index (χ1v) is 10.5. The molecule has 1 heterocycles. The molecule has 1 unspecified atom stereocenters. The lowest BCUT2D eigenvalue weighted by Gasteiger charge is -2.19. The number of methoxy groups -OCH3 is 1. The Labute approximate surface area is 179 Å². The average Bonchev–Trinajstić information content (AvgIpc) is 3.23. The molecule has 0 spiro atoms. The lowest BCUT2D eigenvalue weighted by Crippen LogP contribution is -2.26. The Morgan fingerprint density at radius 1 is 1.13 bits per heavy atom. The number of benzene rings is 1. The molecule has 30 heavy (non-hydrogen) atoms. The Bertz CT molecular complexity index is 701. The molecule has 0 aliphatic carbocycles. The molecule has 0 aliphatic heterocycles. The number of unbranched alkanes of at least 4 members (excludes halogenated alkanes) is 2. The molecule has 0 saturated heterocycles. The van der Waals surface area contributed by atoms with Crippen molar-refractivity contribution in [1.82, 2.24) is 9.55 Å². The SMILES string of the molecule is COc1ccc(COCC(Cn2ccnc2)OCCCCCC(=O)OC(C)C)cc1. The fraction of sp³-hybridized carbons (Fsp3) is 0.565. The van der Waals surface area contributed by atoms with Gasteiger partial charge in [0.1, 0.15) is 5.75 Å². The summed E-state index contributed by atoms with van der Waals surface area (Å²) in [7, 11) is 1.65. The van der Waals surface area contributed by atoms with Gasteiger partial charge in [0.05, 0.1) is 45.4 Å². The number of carbonyl (C=O) groups is 1. The molecule has 7 heteroatoms. The van der Waals surface area contributed by atoms with Crippen molar-refractivity contribution in [2.24, 2.45) is 0 Å². The highest BCUT2D eigenvalue weighted by molar-refractivity contribution is 5.69. The quantitative estimate of drug-likeness (QED) is 0.321. The predicted octanol–water partition coefficient (Wildman–Crippen LogP) is 4.01. The van der Waals surface area contributed by atoms with Gasteiger partial charge in [-0.25, -0.2) is 4.98 Å². The van der Waals surface area contributed by atoms with Crippen molar-refractivity contribution in [2.45, 2.75) is 64.9 Å². The second kappa shape index (κ2) is 13.8.